The van der Waals surface area contributed by atoms with Crippen LogP contribution in [0.15, 0.2) is 24.9 Å². The monoisotopic (exact) mass is 344 g/mol. The molecule has 3 aromatic rings. The molecule has 0 bridgehead atoms. The first-order chi connectivity index (χ1) is 12.0. The number of nitrogens with two attached hydrogens (primary N) is 1. The molecule has 1 aromatic carbocycles. The summed E-state index contributed by atoms with van der Waals surface area (Å²) in [6.07, 6.45) is 4.44. The van der Waals surface area contributed by atoms with Gasteiger partial charge in [0.25, 0.3) is 0 Å². The third kappa shape index (κ3) is 3.33. The number of hydrogen-bond acceptors (Lipinski definition) is 6. The Balaban J connectivity index is 1.91. The van der Waals surface area contributed by atoms with E-state index in [2.05, 4.69) is 21.6 Å². The van der Waals surface area contributed by atoms with Gasteiger partial charge in [-0.05, 0) is 25.1 Å². The molecule has 0 aliphatic rings. The molecule has 0 atom stereocenters. The van der Waals surface area contributed by atoms with Crippen LogP contribution in [-0.4, -0.2) is 45.2 Å². The first-order valence-corrected chi connectivity index (χ1v) is 8.04. The van der Waals surface area contributed by atoms with Gasteiger partial charge in [-0.3, -0.25) is 0 Å². The Kier molecular flexibility index (Phi) is 4.69. The van der Waals surface area contributed by atoms with E-state index in [9.17, 15) is 4.39 Å². The fourth-order valence-electron chi connectivity index (χ4n) is 2.67. The molecule has 7 nitrogen and oxygen atoms in total. The van der Waals surface area contributed by atoms with Crippen LogP contribution >= 0.6 is 0 Å². The van der Waals surface area contributed by atoms with E-state index in [1.165, 1.54) is 23.8 Å². The summed E-state index contributed by atoms with van der Waals surface area (Å²) in [5.41, 5.74) is 7.00. The van der Waals surface area contributed by atoms with E-state index >= 15 is 0 Å². The topological polar surface area (TPSA) is 81.6 Å². The lowest BCUT2D eigenvalue weighted by Gasteiger charge is -2.11. The smallest absolute Gasteiger partial charge is 0.223 e. The van der Waals surface area contributed by atoms with Gasteiger partial charge in [-0.1, -0.05) is 6.58 Å². The van der Waals surface area contributed by atoms with Gasteiger partial charge in [0.2, 0.25) is 5.95 Å². The lowest BCUT2D eigenvalue weighted by Crippen LogP contribution is -2.11. The normalized spacial score (nSPS) is 11.2. The number of nitrogens with zero attached hydrogens (tertiary/aromatic N) is 5. The molecular formula is C17H21FN6O. The molecule has 132 valence electrons. The van der Waals surface area contributed by atoms with Crippen LogP contribution in [0.25, 0.3) is 16.6 Å². The number of fused-ring (bicyclic) bond motifs is 3. The standard InChI is InChI=1S/C17H21FN6O/c1-4-23(2)8-6-5-7-15-21-16-11-9-12(18)14(25-3)10-13(11)20-17(19)24(16)22-15/h4,9-10H,1,5-8H2,2-3H3,(H2,19,20). The molecule has 0 saturated heterocycles. The van der Waals surface area contributed by atoms with E-state index < -0.39 is 5.82 Å². The zero-order chi connectivity index (χ0) is 18.0. The van der Waals surface area contributed by atoms with E-state index in [0.717, 1.165) is 19.4 Å². The maximum Gasteiger partial charge on any atom is 0.223 e. The molecule has 0 aliphatic heterocycles. The highest BCUT2D eigenvalue weighted by atomic mass is 19.1. The Morgan fingerprint density at radius 3 is 2.88 bits per heavy atom. The molecule has 2 heterocycles. The van der Waals surface area contributed by atoms with Gasteiger partial charge in [-0.2, -0.15) is 4.52 Å². The molecule has 3 rings (SSSR count). The number of halogens is 1. The summed E-state index contributed by atoms with van der Waals surface area (Å²) in [5.74, 6) is 0.523. The third-order valence-electron chi connectivity index (χ3n) is 4.09. The molecule has 0 saturated carbocycles. The van der Waals surface area contributed by atoms with Crippen molar-refractivity contribution in [1.82, 2.24) is 24.5 Å². The Bertz CT molecular complexity index is 923. The van der Waals surface area contributed by atoms with Crippen LogP contribution in [0.5, 0.6) is 5.75 Å². The fourth-order valence-corrected chi connectivity index (χ4v) is 2.67. The predicted molar refractivity (Wildman–Crippen MR) is 95.0 cm³/mol. The van der Waals surface area contributed by atoms with Gasteiger partial charge in [-0.25, -0.2) is 14.4 Å². The number of aromatic nitrogens is 4. The summed E-state index contributed by atoms with van der Waals surface area (Å²) in [6, 6.07) is 2.87. The highest BCUT2D eigenvalue weighted by Crippen LogP contribution is 2.27. The minimum absolute atomic E-state index is 0.120. The number of methoxy groups -OCH3 is 1. The minimum atomic E-state index is -0.472. The van der Waals surface area contributed by atoms with E-state index in [-0.39, 0.29) is 11.7 Å². The van der Waals surface area contributed by atoms with Gasteiger partial charge in [0.15, 0.2) is 23.0 Å². The van der Waals surface area contributed by atoms with Crippen LogP contribution in [-0.2, 0) is 6.42 Å². The number of benzene rings is 1. The fraction of sp³-hybridized carbons (Fsp3) is 0.353. The van der Waals surface area contributed by atoms with E-state index in [1.807, 2.05) is 11.9 Å². The molecule has 0 spiro atoms. The molecule has 0 aliphatic carbocycles. The summed E-state index contributed by atoms with van der Waals surface area (Å²) in [4.78, 5) is 10.8. The van der Waals surface area contributed by atoms with Crippen LogP contribution in [0.2, 0.25) is 0 Å². The number of rotatable bonds is 7. The number of nitrogen functional groups attached to an aromatic ring is 1. The number of hydrogen-bond donors (Lipinski definition) is 1. The zero-order valence-corrected chi connectivity index (χ0v) is 14.4. The van der Waals surface area contributed by atoms with Gasteiger partial charge in [0.1, 0.15) is 0 Å². The summed E-state index contributed by atoms with van der Waals surface area (Å²) in [7, 11) is 3.39. The average Bonchev–Trinajstić information content (AvgIpc) is 3.04. The number of ether oxygens (including phenoxy) is 1. The first-order valence-electron chi connectivity index (χ1n) is 8.04. The van der Waals surface area contributed by atoms with E-state index in [0.29, 0.717) is 28.8 Å². The molecule has 25 heavy (non-hydrogen) atoms. The minimum Gasteiger partial charge on any atom is -0.494 e. The lowest BCUT2D eigenvalue weighted by atomic mass is 10.2. The van der Waals surface area contributed by atoms with E-state index in [1.54, 1.807) is 6.20 Å². The second kappa shape index (κ2) is 6.92. The van der Waals surface area contributed by atoms with Gasteiger partial charge in [0.05, 0.1) is 12.6 Å². The summed E-state index contributed by atoms with van der Waals surface area (Å²) < 4.78 is 20.5. The van der Waals surface area contributed by atoms with Crippen molar-refractivity contribution < 1.29 is 9.13 Å². The van der Waals surface area contributed by atoms with Crippen molar-refractivity contribution in [2.45, 2.75) is 19.3 Å². The van der Waals surface area contributed by atoms with Crippen LogP contribution in [0, 0.1) is 5.82 Å². The van der Waals surface area contributed by atoms with Crippen LogP contribution in [0.3, 0.4) is 0 Å². The molecule has 2 aromatic heterocycles. The molecule has 0 unspecified atom stereocenters. The number of unbranched alkanes of at least 4 members (excludes halogenated alkanes) is 1. The van der Waals surface area contributed by atoms with Crippen molar-refractivity contribution in [1.29, 1.82) is 0 Å². The largest absolute Gasteiger partial charge is 0.494 e. The van der Waals surface area contributed by atoms with Crippen LogP contribution in [0.4, 0.5) is 10.3 Å². The second-order valence-electron chi connectivity index (χ2n) is 5.86. The SMILES string of the molecule is C=CN(C)CCCCc1nc2c3cc(F)c(OC)cc3nc(N)n2n1. The predicted octanol–water partition coefficient (Wildman–Crippen LogP) is 2.41. The van der Waals surface area contributed by atoms with Gasteiger partial charge >= 0.3 is 0 Å². The van der Waals surface area contributed by atoms with Crippen molar-refractivity contribution in [3.63, 3.8) is 0 Å². The molecule has 2 N–H and O–H groups in total. The third-order valence-corrected chi connectivity index (χ3v) is 4.09. The zero-order valence-electron chi connectivity index (χ0n) is 14.4. The van der Waals surface area contributed by atoms with Crippen molar-refractivity contribution in [2.24, 2.45) is 0 Å². The van der Waals surface area contributed by atoms with E-state index in [4.69, 9.17) is 10.5 Å². The first kappa shape index (κ1) is 16.9. The maximum atomic E-state index is 14.1. The Morgan fingerprint density at radius 2 is 2.16 bits per heavy atom. The quantitative estimate of drug-likeness (QED) is 0.663. The molecule has 0 amide bonds. The highest BCUT2D eigenvalue weighted by Gasteiger charge is 2.15. The molecule has 8 heteroatoms. The Morgan fingerprint density at radius 1 is 1.36 bits per heavy atom. The van der Waals surface area contributed by atoms with Crippen LogP contribution in [0.1, 0.15) is 18.7 Å². The molecule has 0 radical (unpaired) electrons. The second-order valence-corrected chi connectivity index (χ2v) is 5.86. The number of anilines is 1. The van der Waals surface area contributed by atoms with Crippen molar-refractivity contribution in [3.05, 3.63) is 36.6 Å². The number of aryl methyl sites for hydroxylation is 1. The van der Waals surface area contributed by atoms with Crippen molar-refractivity contribution in [2.75, 3.05) is 26.4 Å². The summed E-state index contributed by atoms with van der Waals surface area (Å²) in [5, 5.41) is 4.96. The Hall–Kier alpha value is -2.90. The van der Waals surface area contributed by atoms with Crippen molar-refractivity contribution in [3.8, 4) is 5.75 Å². The highest BCUT2D eigenvalue weighted by molar-refractivity contribution is 5.93. The van der Waals surface area contributed by atoms with Gasteiger partial charge in [0, 0.05) is 31.5 Å². The Labute approximate surface area is 144 Å². The van der Waals surface area contributed by atoms with Gasteiger partial charge < -0.3 is 15.4 Å². The average molecular weight is 344 g/mol. The van der Waals surface area contributed by atoms with Gasteiger partial charge in [-0.15, -0.1) is 5.10 Å². The van der Waals surface area contributed by atoms with Crippen LogP contribution < -0.4 is 10.5 Å². The molecular weight excluding hydrogens is 323 g/mol. The lowest BCUT2D eigenvalue weighted by molar-refractivity contribution is 0.387. The summed E-state index contributed by atoms with van der Waals surface area (Å²) in [6.45, 7) is 4.65. The molecule has 0 fully saturated rings. The maximum absolute atomic E-state index is 14.1. The summed E-state index contributed by atoms with van der Waals surface area (Å²) >= 11 is 0. The van der Waals surface area contributed by atoms with Crippen molar-refractivity contribution >= 4 is 22.5 Å².